The molecule has 4 nitrogen and oxygen atoms in total. The zero-order chi connectivity index (χ0) is 16.3. The Bertz CT molecular complexity index is 590. The van der Waals surface area contributed by atoms with Crippen LogP contribution in [-0.4, -0.2) is 35.9 Å². The lowest BCUT2D eigenvalue weighted by Gasteiger charge is -2.28. The van der Waals surface area contributed by atoms with Gasteiger partial charge in [0.1, 0.15) is 0 Å². The summed E-state index contributed by atoms with van der Waals surface area (Å²) >= 11 is 6.13. The Balaban J connectivity index is 2.29. The van der Waals surface area contributed by atoms with Crippen molar-refractivity contribution in [3.8, 4) is 0 Å². The van der Waals surface area contributed by atoms with Gasteiger partial charge in [0.2, 0.25) is 5.91 Å². The van der Waals surface area contributed by atoms with Gasteiger partial charge in [-0.15, -0.1) is 0 Å². The van der Waals surface area contributed by atoms with Crippen molar-refractivity contribution in [1.29, 1.82) is 0 Å². The molecule has 22 heavy (non-hydrogen) atoms. The molecular formula is C16H22BClN2O2. The lowest BCUT2D eigenvalue weighted by Crippen LogP contribution is -2.39. The standard InChI is InChI=1S/C16H22BClN2O2/c1-11(19-12(2)21)16-10-14(18)4-5-15(16)13-6-8-20(9-7-13)17(3)22/h4-6,10-11,22H,7-9H2,1-3H3,(H,19,21). The highest BCUT2D eigenvalue weighted by Gasteiger charge is 2.21. The Morgan fingerprint density at radius 2 is 2.23 bits per heavy atom. The number of nitrogens with one attached hydrogen (secondary N) is 1. The van der Waals surface area contributed by atoms with Crippen LogP contribution in [0.1, 0.15) is 37.4 Å². The lowest BCUT2D eigenvalue weighted by molar-refractivity contribution is -0.119. The van der Waals surface area contributed by atoms with E-state index in [0.29, 0.717) is 5.02 Å². The fourth-order valence-electron chi connectivity index (χ4n) is 2.84. The fourth-order valence-corrected chi connectivity index (χ4v) is 3.02. The molecule has 1 amide bonds. The number of amides is 1. The Morgan fingerprint density at radius 3 is 2.77 bits per heavy atom. The second kappa shape index (κ2) is 7.31. The van der Waals surface area contributed by atoms with Gasteiger partial charge in [0.25, 0.3) is 0 Å². The van der Waals surface area contributed by atoms with Gasteiger partial charge in [-0.1, -0.05) is 23.7 Å². The quantitative estimate of drug-likeness (QED) is 0.839. The average molecular weight is 321 g/mol. The summed E-state index contributed by atoms with van der Waals surface area (Å²) in [4.78, 5) is 13.3. The lowest BCUT2D eigenvalue weighted by atomic mass is 9.82. The molecular weight excluding hydrogens is 298 g/mol. The van der Waals surface area contributed by atoms with E-state index in [4.69, 9.17) is 11.6 Å². The predicted molar refractivity (Wildman–Crippen MR) is 91.7 cm³/mol. The smallest absolute Gasteiger partial charge is 0.376 e. The maximum absolute atomic E-state index is 11.3. The van der Waals surface area contributed by atoms with Crippen LogP contribution in [-0.2, 0) is 4.79 Å². The number of hydrogen-bond donors (Lipinski definition) is 2. The van der Waals surface area contributed by atoms with Crippen LogP contribution in [0.5, 0.6) is 0 Å². The Kier molecular flexibility index (Phi) is 5.67. The molecule has 1 aromatic rings. The molecule has 1 aromatic carbocycles. The first-order chi connectivity index (χ1) is 10.4. The summed E-state index contributed by atoms with van der Waals surface area (Å²) in [6.45, 7) is 6.80. The maximum Gasteiger partial charge on any atom is 0.376 e. The maximum atomic E-state index is 11.3. The minimum atomic E-state index is -0.430. The Morgan fingerprint density at radius 1 is 1.50 bits per heavy atom. The van der Waals surface area contributed by atoms with E-state index in [1.807, 2.05) is 29.9 Å². The summed E-state index contributed by atoms with van der Waals surface area (Å²) in [7, 11) is -0.430. The van der Waals surface area contributed by atoms with Crippen molar-refractivity contribution in [1.82, 2.24) is 10.1 Å². The first kappa shape index (κ1) is 17.1. The van der Waals surface area contributed by atoms with E-state index in [1.54, 1.807) is 6.82 Å². The minimum absolute atomic E-state index is 0.0590. The van der Waals surface area contributed by atoms with Crippen LogP contribution >= 0.6 is 11.6 Å². The molecule has 6 heteroatoms. The van der Waals surface area contributed by atoms with E-state index < -0.39 is 7.05 Å². The van der Waals surface area contributed by atoms with E-state index in [2.05, 4.69) is 11.4 Å². The van der Waals surface area contributed by atoms with Crippen LogP contribution < -0.4 is 5.32 Å². The first-order valence-electron chi connectivity index (χ1n) is 7.56. The van der Waals surface area contributed by atoms with Crippen LogP contribution in [0.2, 0.25) is 11.8 Å². The molecule has 1 aliphatic rings. The molecule has 1 atom stereocenters. The van der Waals surface area contributed by atoms with Gasteiger partial charge in [0.05, 0.1) is 6.04 Å². The van der Waals surface area contributed by atoms with Crippen molar-refractivity contribution >= 4 is 30.1 Å². The zero-order valence-electron chi connectivity index (χ0n) is 13.3. The van der Waals surface area contributed by atoms with Crippen molar-refractivity contribution in [2.75, 3.05) is 13.1 Å². The molecule has 0 fully saturated rings. The SMILES string of the molecule is CB(O)N1CC=C(c2ccc(Cl)cc2C(C)NC(C)=O)CC1. The molecule has 2 N–H and O–H groups in total. The molecule has 0 saturated carbocycles. The van der Waals surface area contributed by atoms with Gasteiger partial charge < -0.3 is 15.2 Å². The van der Waals surface area contributed by atoms with Gasteiger partial charge in [-0.05, 0) is 55.5 Å². The van der Waals surface area contributed by atoms with Crippen molar-refractivity contribution in [2.24, 2.45) is 0 Å². The van der Waals surface area contributed by atoms with Crippen LogP contribution in [0.15, 0.2) is 24.3 Å². The molecule has 0 aromatic heterocycles. The number of nitrogens with zero attached hydrogens (tertiary/aromatic N) is 1. The van der Waals surface area contributed by atoms with Crippen molar-refractivity contribution < 1.29 is 9.82 Å². The normalized spacial score (nSPS) is 16.9. The number of benzene rings is 1. The number of hydrogen-bond acceptors (Lipinski definition) is 3. The number of carbonyl (C=O) groups excluding carboxylic acids is 1. The van der Waals surface area contributed by atoms with Crippen molar-refractivity contribution in [2.45, 2.75) is 33.1 Å². The van der Waals surface area contributed by atoms with Crippen LogP contribution in [0.3, 0.4) is 0 Å². The molecule has 1 aliphatic heterocycles. The minimum Gasteiger partial charge on any atom is -0.437 e. The molecule has 1 unspecified atom stereocenters. The first-order valence-corrected chi connectivity index (χ1v) is 7.94. The van der Waals surface area contributed by atoms with Gasteiger partial charge in [-0.3, -0.25) is 4.79 Å². The Hall–Kier alpha value is -1.30. The second-order valence-electron chi connectivity index (χ2n) is 5.76. The van der Waals surface area contributed by atoms with Gasteiger partial charge >= 0.3 is 7.05 Å². The van der Waals surface area contributed by atoms with Crippen LogP contribution in [0.25, 0.3) is 5.57 Å². The number of rotatable bonds is 4. The monoisotopic (exact) mass is 320 g/mol. The number of halogens is 1. The van der Waals surface area contributed by atoms with Gasteiger partial charge in [-0.25, -0.2) is 0 Å². The number of carbonyl (C=O) groups is 1. The summed E-state index contributed by atoms with van der Waals surface area (Å²) in [5, 5.41) is 13.2. The van der Waals surface area contributed by atoms with E-state index in [1.165, 1.54) is 12.5 Å². The third-order valence-corrected chi connectivity index (χ3v) is 4.25. The zero-order valence-corrected chi connectivity index (χ0v) is 14.0. The molecule has 0 spiro atoms. The molecule has 118 valence electrons. The second-order valence-corrected chi connectivity index (χ2v) is 6.20. The highest BCUT2D eigenvalue weighted by Crippen LogP contribution is 2.31. The third-order valence-electron chi connectivity index (χ3n) is 4.01. The van der Waals surface area contributed by atoms with Crippen LogP contribution in [0, 0.1) is 0 Å². The highest BCUT2D eigenvalue weighted by molar-refractivity contribution is 6.45. The highest BCUT2D eigenvalue weighted by atomic mass is 35.5. The van der Waals surface area contributed by atoms with Crippen LogP contribution in [0.4, 0.5) is 0 Å². The summed E-state index contributed by atoms with van der Waals surface area (Å²) in [6.07, 6.45) is 3.01. The van der Waals surface area contributed by atoms with Crippen molar-refractivity contribution in [3.05, 3.63) is 40.4 Å². The largest absolute Gasteiger partial charge is 0.437 e. The van der Waals surface area contributed by atoms with Gasteiger partial charge in [0, 0.05) is 18.5 Å². The van der Waals surface area contributed by atoms with E-state index in [9.17, 15) is 9.82 Å². The van der Waals surface area contributed by atoms with Crippen molar-refractivity contribution in [3.63, 3.8) is 0 Å². The average Bonchev–Trinajstić information content (AvgIpc) is 2.46. The summed E-state index contributed by atoms with van der Waals surface area (Å²) in [5.41, 5.74) is 3.39. The molecule has 0 saturated heterocycles. The fraction of sp³-hybridized carbons (Fsp3) is 0.438. The topological polar surface area (TPSA) is 52.6 Å². The summed E-state index contributed by atoms with van der Waals surface area (Å²) in [6, 6.07) is 5.71. The summed E-state index contributed by atoms with van der Waals surface area (Å²) in [5.74, 6) is -0.0590. The Labute approximate surface area is 137 Å². The molecule has 0 radical (unpaired) electrons. The summed E-state index contributed by atoms with van der Waals surface area (Å²) < 4.78 is 0. The van der Waals surface area contributed by atoms with E-state index >= 15 is 0 Å². The van der Waals surface area contributed by atoms with E-state index in [-0.39, 0.29) is 11.9 Å². The molecule has 2 rings (SSSR count). The third kappa shape index (κ3) is 4.12. The molecule has 0 bridgehead atoms. The van der Waals surface area contributed by atoms with Gasteiger partial charge in [-0.2, -0.15) is 0 Å². The molecule has 1 heterocycles. The van der Waals surface area contributed by atoms with E-state index in [0.717, 1.165) is 30.6 Å². The molecule has 0 aliphatic carbocycles. The van der Waals surface area contributed by atoms with Gasteiger partial charge in [0.15, 0.2) is 0 Å². The predicted octanol–water partition coefficient (Wildman–Crippen LogP) is 2.74.